The van der Waals surface area contributed by atoms with Crippen LogP contribution in [0.25, 0.3) is 0 Å². The highest BCUT2D eigenvalue weighted by molar-refractivity contribution is 6.36. The smallest absolute Gasteiger partial charge is 0.239 e. The van der Waals surface area contributed by atoms with Gasteiger partial charge in [-0.15, -0.1) is 0 Å². The van der Waals surface area contributed by atoms with Gasteiger partial charge in [-0.05, 0) is 50.0 Å². The van der Waals surface area contributed by atoms with Gasteiger partial charge in [0.1, 0.15) is 5.92 Å². The van der Waals surface area contributed by atoms with Crippen LogP contribution in [0.15, 0.2) is 18.2 Å². The van der Waals surface area contributed by atoms with E-state index < -0.39 is 5.92 Å². The first-order valence-corrected chi connectivity index (χ1v) is 9.00. The number of rotatable bonds is 3. The molecule has 0 spiro atoms. The van der Waals surface area contributed by atoms with Gasteiger partial charge in [0.2, 0.25) is 11.8 Å². The highest BCUT2D eigenvalue weighted by Crippen LogP contribution is 2.33. The molecule has 0 radical (unpaired) electrons. The van der Waals surface area contributed by atoms with E-state index in [1.165, 1.54) is 0 Å². The van der Waals surface area contributed by atoms with E-state index in [4.69, 9.17) is 23.2 Å². The average molecular weight is 370 g/mol. The molecule has 0 aliphatic carbocycles. The van der Waals surface area contributed by atoms with Crippen molar-refractivity contribution < 1.29 is 9.59 Å². The van der Waals surface area contributed by atoms with Crippen LogP contribution in [0.1, 0.15) is 19.8 Å². The van der Waals surface area contributed by atoms with Crippen LogP contribution in [-0.4, -0.2) is 37.5 Å². The third-order valence-electron chi connectivity index (χ3n) is 4.83. The van der Waals surface area contributed by atoms with Crippen molar-refractivity contribution in [1.82, 2.24) is 10.6 Å². The molecule has 2 saturated heterocycles. The highest BCUT2D eigenvalue weighted by Gasteiger charge is 2.39. The lowest BCUT2D eigenvalue weighted by atomic mass is 9.94. The zero-order valence-corrected chi connectivity index (χ0v) is 15.0. The van der Waals surface area contributed by atoms with Crippen LogP contribution in [0, 0.1) is 11.8 Å². The first-order valence-electron chi connectivity index (χ1n) is 8.25. The maximum atomic E-state index is 12.7. The Bertz CT molecular complexity index is 653. The quantitative estimate of drug-likeness (QED) is 0.804. The van der Waals surface area contributed by atoms with Crippen molar-refractivity contribution in [2.75, 3.05) is 24.5 Å². The third-order valence-corrected chi connectivity index (χ3v) is 5.39. The Labute approximate surface area is 151 Å². The maximum absolute atomic E-state index is 12.7. The summed E-state index contributed by atoms with van der Waals surface area (Å²) < 4.78 is 0. The zero-order valence-electron chi connectivity index (χ0n) is 13.5. The van der Waals surface area contributed by atoms with Crippen LogP contribution >= 0.6 is 23.2 Å². The van der Waals surface area contributed by atoms with Crippen molar-refractivity contribution >= 4 is 40.7 Å². The Hall–Kier alpha value is -1.30. The number of piperidine rings is 1. The average Bonchev–Trinajstić information content (AvgIpc) is 2.93. The lowest BCUT2D eigenvalue weighted by molar-refractivity contribution is -0.132. The predicted molar refractivity (Wildman–Crippen MR) is 95.5 cm³/mol. The number of hydrogen-bond donors (Lipinski definition) is 2. The summed E-state index contributed by atoms with van der Waals surface area (Å²) >= 11 is 12.2. The molecule has 130 valence electrons. The van der Waals surface area contributed by atoms with E-state index in [0.717, 1.165) is 19.5 Å². The van der Waals surface area contributed by atoms with E-state index in [1.54, 1.807) is 23.1 Å². The first kappa shape index (κ1) is 17.5. The number of benzene rings is 1. The minimum absolute atomic E-state index is 0.121. The van der Waals surface area contributed by atoms with Crippen molar-refractivity contribution in [1.29, 1.82) is 0 Å². The molecular formula is C17H21Cl2N3O2. The molecule has 2 fully saturated rings. The summed E-state index contributed by atoms with van der Waals surface area (Å²) in [5.41, 5.74) is 0.569. The molecular weight excluding hydrogens is 349 g/mol. The second kappa shape index (κ2) is 7.30. The summed E-state index contributed by atoms with van der Waals surface area (Å²) in [4.78, 5) is 26.8. The number of carbonyl (C=O) groups is 2. The minimum Gasteiger partial charge on any atom is -0.352 e. The minimum atomic E-state index is -0.651. The topological polar surface area (TPSA) is 61.4 Å². The number of nitrogens with zero attached hydrogens (tertiary/aromatic N) is 1. The van der Waals surface area contributed by atoms with Gasteiger partial charge in [-0.3, -0.25) is 9.59 Å². The van der Waals surface area contributed by atoms with Crippen molar-refractivity contribution in [3.8, 4) is 0 Å². The van der Waals surface area contributed by atoms with Crippen molar-refractivity contribution in [3.63, 3.8) is 0 Å². The number of hydrogen-bond acceptors (Lipinski definition) is 3. The van der Waals surface area contributed by atoms with E-state index in [0.29, 0.717) is 34.6 Å². The molecule has 1 aromatic rings. The molecule has 3 atom stereocenters. The van der Waals surface area contributed by atoms with Gasteiger partial charge >= 0.3 is 0 Å². The summed E-state index contributed by atoms with van der Waals surface area (Å²) in [6.07, 6.45) is 1.38. The van der Waals surface area contributed by atoms with Gasteiger partial charge in [-0.25, -0.2) is 0 Å². The number of carbonyl (C=O) groups excluding carboxylic acids is 2. The van der Waals surface area contributed by atoms with Gasteiger partial charge in [-0.1, -0.05) is 30.1 Å². The molecule has 3 rings (SSSR count). The lowest BCUT2D eigenvalue weighted by Crippen LogP contribution is -2.50. The second-order valence-corrected chi connectivity index (χ2v) is 7.36. The molecule has 1 aromatic carbocycles. The summed E-state index contributed by atoms with van der Waals surface area (Å²) in [7, 11) is 0. The Morgan fingerprint density at radius 3 is 2.88 bits per heavy atom. The standard InChI is InChI=1S/C17H21Cl2N3O2/c1-10-9-20-6-4-14(10)21-16(23)12-5-7-22(17(12)24)15-8-11(18)2-3-13(15)19/h2-3,8,10,12,14,20H,4-7,9H2,1H3,(H,21,23). The fourth-order valence-electron chi connectivity index (χ4n) is 3.37. The Balaban J connectivity index is 1.69. The number of halogens is 2. The second-order valence-electron chi connectivity index (χ2n) is 6.51. The van der Waals surface area contributed by atoms with Crippen LogP contribution in [0.3, 0.4) is 0 Å². The van der Waals surface area contributed by atoms with Gasteiger partial charge in [0.05, 0.1) is 10.7 Å². The molecule has 2 aliphatic heterocycles. The molecule has 2 amide bonds. The summed E-state index contributed by atoms with van der Waals surface area (Å²) in [5, 5.41) is 7.33. The van der Waals surface area contributed by atoms with Gasteiger partial charge in [0.15, 0.2) is 0 Å². The summed E-state index contributed by atoms with van der Waals surface area (Å²) in [6.45, 7) is 4.34. The predicted octanol–water partition coefficient (Wildman–Crippen LogP) is 2.46. The summed E-state index contributed by atoms with van der Waals surface area (Å²) in [6, 6.07) is 5.12. The number of nitrogens with one attached hydrogen (secondary N) is 2. The fourth-order valence-corrected chi connectivity index (χ4v) is 3.75. The molecule has 3 unspecified atom stereocenters. The Kier molecular flexibility index (Phi) is 5.33. The van der Waals surface area contributed by atoms with E-state index in [9.17, 15) is 9.59 Å². The molecule has 0 aromatic heterocycles. The lowest BCUT2D eigenvalue weighted by Gasteiger charge is -2.30. The van der Waals surface area contributed by atoms with Crippen LogP contribution in [0.4, 0.5) is 5.69 Å². The third kappa shape index (κ3) is 3.53. The summed E-state index contributed by atoms with van der Waals surface area (Å²) in [5.74, 6) is -0.683. The number of anilines is 1. The first-order chi connectivity index (χ1) is 11.5. The van der Waals surface area contributed by atoms with Crippen LogP contribution < -0.4 is 15.5 Å². The van der Waals surface area contributed by atoms with Crippen LogP contribution in [0.2, 0.25) is 10.0 Å². The van der Waals surface area contributed by atoms with Gasteiger partial charge < -0.3 is 15.5 Å². The van der Waals surface area contributed by atoms with Crippen LogP contribution in [-0.2, 0) is 9.59 Å². The SMILES string of the molecule is CC1CNCCC1NC(=O)C1CCN(c2cc(Cl)ccc2Cl)C1=O. The normalized spacial score (nSPS) is 27.4. The van der Waals surface area contributed by atoms with E-state index in [1.807, 2.05) is 0 Å². The van der Waals surface area contributed by atoms with E-state index in [-0.39, 0.29) is 17.9 Å². The zero-order chi connectivity index (χ0) is 17.3. The van der Waals surface area contributed by atoms with Crippen molar-refractivity contribution in [3.05, 3.63) is 28.2 Å². The van der Waals surface area contributed by atoms with E-state index in [2.05, 4.69) is 17.6 Å². The molecule has 5 nitrogen and oxygen atoms in total. The van der Waals surface area contributed by atoms with Crippen molar-refractivity contribution in [2.45, 2.75) is 25.8 Å². The molecule has 2 N–H and O–H groups in total. The number of amides is 2. The maximum Gasteiger partial charge on any atom is 0.239 e. The van der Waals surface area contributed by atoms with Gasteiger partial charge in [0, 0.05) is 17.6 Å². The van der Waals surface area contributed by atoms with Gasteiger partial charge in [-0.2, -0.15) is 0 Å². The van der Waals surface area contributed by atoms with Crippen LogP contribution in [0.5, 0.6) is 0 Å². The molecule has 2 aliphatic rings. The monoisotopic (exact) mass is 369 g/mol. The van der Waals surface area contributed by atoms with E-state index >= 15 is 0 Å². The molecule has 0 saturated carbocycles. The molecule has 7 heteroatoms. The highest BCUT2D eigenvalue weighted by atomic mass is 35.5. The van der Waals surface area contributed by atoms with Gasteiger partial charge in [0.25, 0.3) is 0 Å². The largest absolute Gasteiger partial charge is 0.352 e. The molecule has 0 bridgehead atoms. The fraction of sp³-hybridized carbons (Fsp3) is 0.529. The molecule has 24 heavy (non-hydrogen) atoms. The Morgan fingerprint density at radius 1 is 1.33 bits per heavy atom. The van der Waals surface area contributed by atoms with Crippen molar-refractivity contribution in [2.24, 2.45) is 11.8 Å². The Morgan fingerprint density at radius 2 is 2.12 bits per heavy atom. The molecule has 2 heterocycles.